The first-order valence-corrected chi connectivity index (χ1v) is 8.36. The summed E-state index contributed by atoms with van der Waals surface area (Å²) in [5, 5.41) is 11.9. The van der Waals surface area contributed by atoms with E-state index in [9.17, 15) is 9.18 Å². The number of nitrogens with one attached hydrogen (secondary N) is 1. The van der Waals surface area contributed by atoms with Crippen molar-refractivity contribution in [3.05, 3.63) is 71.0 Å². The average Bonchev–Trinajstić information content (AvgIpc) is 2.67. The number of hydrogen-bond donors (Lipinski definition) is 2. The molecule has 0 unspecified atom stereocenters. The van der Waals surface area contributed by atoms with Crippen LogP contribution in [-0.2, 0) is 11.3 Å². The number of hydrogen-bond acceptors (Lipinski definition) is 5. The molecule has 0 atom stereocenters. The van der Waals surface area contributed by atoms with Crippen molar-refractivity contribution in [1.82, 2.24) is 9.97 Å². The number of aromatic nitrogens is 2. The van der Waals surface area contributed by atoms with Crippen LogP contribution >= 0.6 is 11.6 Å². The lowest BCUT2D eigenvalue weighted by Crippen LogP contribution is -2.11. The van der Waals surface area contributed by atoms with E-state index in [1.54, 1.807) is 6.07 Å². The Balaban J connectivity index is 1.90. The zero-order chi connectivity index (χ0) is 19.2. The summed E-state index contributed by atoms with van der Waals surface area (Å²) in [6.45, 7) is -0.0613. The molecule has 138 valence electrons. The van der Waals surface area contributed by atoms with Gasteiger partial charge in [0.15, 0.2) is 12.4 Å². The van der Waals surface area contributed by atoms with E-state index >= 15 is 0 Å². The van der Waals surface area contributed by atoms with Gasteiger partial charge in [-0.3, -0.25) is 0 Å². The first kappa shape index (κ1) is 18.6. The van der Waals surface area contributed by atoms with Gasteiger partial charge < -0.3 is 15.2 Å². The number of carboxylic acids is 1. The third-order valence-electron chi connectivity index (χ3n) is 3.54. The van der Waals surface area contributed by atoms with Crippen molar-refractivity contribution < 1.29 is 19.0 Å². The van der Waals surface area contributed by atoms with Gasteiger partial charge in [-0.05, 0) is 23.8 Å². The number of aliphatic carboxylic acids is 1. The number of benzene rings is 2. The van der Waals surface area contributed by atoms with Crippen LogP contribution in [0.4, 0.5) is 10.2 Å². The highest BCUT2D eigenvalue weighted by molar-refractivity contribution is 6.30. The minimum atomic E-state index is -1.13. The van der Waals surface area contributed by atoms with Gasteiger partial charge in [0.2, 0.25) is 5.88 Å². The van der Waals surface area contributed by atoms with Gasteiger partial charge in [0.1, 0.15) is 11.6 Å². The molecule has 8 heteroatoms. The van der Waals surface area contributed by atoms with E-state index in [4.69, 9.17) is 21.4 Å². The molecule has 3 rings (SSSR count). The molecule has 0 aliphatic carbocycles. The average molecular weight is 388 g/mol. The summed E-state index contributed by atoms with van der Waals surface area (Å²) < 4.78 is 18.9. The summed E-state index contributed by atoms with van der Waals surface area (Å²) >= 11 is 5.71. The molecule has 27 heavy (non-hydrogen) atoms. The molecule has 2 N–H and O–H groups in total. The van der Waals surface area contributed by atoms with Crippen LogP contribution in [0.25, 0.3) is 11.4 Å². The molecular weight excluding hydrogens is 373 g/mol. The number of carbonyl (C=O) groups is 1. The van der Waals surface area contributed by atoms with Gasteiger partial charge in [0.05, 0.1) is 5.02 Å². The van der Waals surface area contributed by atoms with Crippen LogP contribution < -0.4 is 10.1 Å². The van der Waals surface area contributed by atoms with Gasteiger partial charge in [-0.25, -0.2) is 14.2 Å². The van der Waals surface area contributed by atoms with Crippen molar-refractivity contribution in [2.24, 2.45) is 0 Å². The Morgan fingerprint density at radius 1 is 1.15 bits per heavy atom. The fraction of sp³-hybridized carbons (Fsp3) is 0.105. The SMILES string of the molecule is O=C(O)COc1cc(NCc2ccccc2)nc(-c2ccc(Cl)c(F)c2)n1. The maximum Gasteiger partial charge on any atom is 0.341 e. The van der Waals surface area contributed by atoms with Gasteiger partial charge >= 0.3 is 5.97 Å². The van der Waals surface area contributed by atoms with Crippen LogP contribution in [-0.4, -0.2) is 27.7 Å². The Hall–Kier alpha value is -3.19. The third kappa shape index (κ3) is 5.15. The molecule has 3 aromatic rings. The molecule has 0 radical (unpaired) electrons. The molecule has 0 aliphatic heterocycles. The topological polar surface area (TPSA) is 84.3 Å². The molecule has 1 aromatic heterocycles. The van der Waals surface area contributed by atoms with Crippen LogP contribution in [0.1, 0.15) is 5.56 Å². The molecular formula is C19H15ClFN3O3. The van der Waals surface area contributed by atoms with Crippen molar-refractivity contribution in [2.45, 2.75) is 6.54 Å². The zero-order valence-corrected chi connectivity index (χ0v) is 14.8. The van der Waals surface area contributed by atoms with Crippen LogP contribution in [0.3, 0.4) is 0 Å². The van der Waals surface area contributed by atoms with E-state index in [2.05, 4.69) is 15.3 Å². The molecule has 1 heterocycles. The fourth-order valence-corrected chi connectivity index (χ4v) is 2.40. The first-order valence-electron chi connectivity index (χ1n) is 7.98. The summed E-state index contributed by atoms with van der Waals surface area (Å²) in [6, 6.07) is 15.3. The molecule has 0 bridgehead atoms. The fourth-order valence-electron chi connectivity index (χ4n) is 2.28. The second-order valence-electron chi connectivity index (χ2n) is 5.57. The Kier molecular flexibility index (Phi) is 5.83. The van der Waals surface area contributed by atoms with Gasteiger partial charge in [0.25, 0.3) is 0 Å². The molecule has 2 aromatic carbocycles. The van der Waals surface area contributed by atoms with Crippen molar-refractivity contribution >= 4 is 23.4 Å². The maximum atomic E-state index is 13.8. The molecule has 0 amide bonds. The summed E-state index contributed by atoms with van der Waals surface area (Å²) in [7, 11) is 0. The summed E-state index contributed by atoms with van der Waals surface area (Å²) in [6.07, 6.45) is 0. The Morgan fingerprint density at radius 2 is 1.93 bits per heavy atom. The van der Waals surface area contributed by atoms with E-state index in [0.29, 0.717) is 17.9 Å². The van der Waals surface area contributed by atoms with Crippen LogP contribution in [0.5, 0.6) is 5.88 Å². The molecule has 0 saturated carbocycles. The maximum absolute atomic E-state index is 13.8. The molecule has 0 fully saturated rings. The lowest BCUT2D eigenvalue weighted by atomic mass is 10.2. The van der Waals surface area contributed by atoms with Crippen LogP contribution in [0.2, 0.25) is 5.02 Å². The van der Waals surface area contributed by atoms with E-state index in [0.717, 1.165) is 5.56 Å². The standard InChI is InChI=1S/C19H15ClFN3O3/c20-14-7-6-13(8-15(14)21)19-23-16(9-17(24-19)27-11-18(25)26)22-10-12-4-2-1-3-5-12/h1-9H,10-11H2,(H,25,26)(H,22,23,24). The highest BCUT2D eigenvalue weighted by Gasteiger charge is 2.11. The zero-order valence-electron chi connectivity index (χ0n) is 14.0. The number of ether oxygens (including phenoxy) is 1. The van der Waals surface area contributed by atoms with Crippen molar-refractivity contribution in [3.8, 4) is 17.3 Å². The van der Waals surface area contributed by atoms with E-state index in [1.165, 1.54) is 18.2 Å². The van der Waals surface area contributed by atoms with E-state index < -0.39 is 18.4 Å². The monoisotopic (exact) mass is 387 g/mol. The van der Waals surface area contributed by atoms with Crippen LogP contribution in [0.15, 0.2) is 54.6 Å². The first-order chi connectivity index (χ1) is 13.0. The molecule has 0 spiro atoms. The highest BCUT2D eigenvalue weighted by Crippen LogP contribution is 2.25. The highest BCUT2D eigenvalue weighted by atomic mass is 35.5. The lowest BCUT2D eigenvalue weighted by Gasteiger charge is -2.11. The summed E-state index contributed by atoms with van der Waals surface area (Å²) in [5.41, 5.74) is 1.42. The minimum Gasteiger partial charge on any atom is -0.479 e. The minimum absolute atomic E-state index is 0.0144. The third-order valence-corrected chi connectivity index (χ3v) is 3.85. The normalized spacial score (nSPS) is 10.4. The van der Waals surface area contributed by atoms with Crippen LogP contribution in [0, 0.1) is 5.82 Å². The van der Waals surface area contributed by atoms with Crippen molar-refractivity contribution in [2.75, 3.05) is 11.9 Å². The molecule has 0 aliphatic rings. The van der Waals surface area contributed by atoms with E-state index in [1.807, 2.05) is 30.3 Å². The Morgan fingerprint density at radius 3 is 2.63 bits per heavy atom. The van der Waals surface area contributed by atoms with Crippen molar-refractivity contribution in [3.63, 3.8) is 0 Å². The Labute approximate surface area is 159 Å². The second kappa shape index (κ2) is 8.46. The summed E-state index contributed by atoms with van der Waals surface area (Å²) in [4.78, 5) is 19.3. The van der Waals surface area contributed by atoms with Crippen molar-refractivity contribution in [1.29, 1.82) is 0 Å². The van der Waals surface area contributed by atoms with Gasteiger partial charge in [0, 0.05) is 18.2 Å². The predicted molar refractivity (Wildman–Crippen MR) is 99.3 cm³/mol. The van der Waals surface area contributed by atoms with Gasteiger partial charge in [-0.1, -0.05) is 41.9 Å². The number of halogens is 2. The number of nitrogens with zero attached hydrogens (tertiary/aromatic N) is 2. The van der Waals surface area contributed by atoms with E-state index in [-0.39, 0.29) is 16.7 Å². The smallest absolute Gasteiger partial charge is 0.341 e. The number of rotatable bonds is 7. The lowest BCUT2D eigenvalue weighted by molar-refractivity contribution is -0.139. The largest absolute Gasteiger partial charge is 0.479 e. The van der Waals surface area contributed by atoms with Gasteiger partial charge in [-0.2, -0.15) is 4.98 Å². The summed E-state index contributed by atoms with van der Waals surface area (Å²) in [5.74, 6) is -1.07. The predicted octanol–water partition coefficient (Wildman–Crippen LogP) is 4.01. The second-order valence-corrected chi connectivity index (χ2v) is 5.97. The molecule has 0 saturated heterocycles. The number of carboxylic acid groups (broad SMARTS) is 1. The molecule has 6 nitrogen and oxygen atoms in total. The Bertz CT molecular complexity index is 954. The number of anilines is 1. The van der Waals surface area contributed by atoms with Gasteiger partial charge in [-0.15, -0.1) is 0 Å². The quantitative estimate of drug-likeness (QED) is 0.637.